The number of hydrogen-bond acceptors (Lipinski definition) is 5. The van der Waals surface area contributed by atoms with E-state index in [1.807, 2.05) is 30.3 Å². The van der Waals surface area contributed by atoms with E-state index in [1.54, 1.807) is 11.0 Å². The van der Waals surface area contributed by atoms with Crippen LogP contribution in [0.4, 0.5) is 0 Å². The number of carbonyl (C=O) groups excluding carboxylic acids is 3. The summed E-state index contributed by atoms with van der Waals surface area (Å²) in [5, 5.41) is 5.73. The highest BCUT2D eigenvalue weighted by Crippen LogP contribution is 2.29. The molecule has 0 aliphatic carbocycles. The van der Waals surface area contributed by atoms with Crippen LogP contribution < -0.4 is 16.4 Å². The molecule has 0 radical (unpaired) electrons. The summed E-state index contributed by atoms with van der Waals surface area (Å²) < 4.78 is 0. The van der Waals surface area contributed by atoms with Crippen molar-refractivity contribution in [3.63, 3.8) is 0 Å². The summed E-state index contributed by atoms with van der Waals surface area (Å²) in [5.41, 5.74) is 10.1. The van der Waals surface area contributed by atoms with Gasteiger partial charge in [-0.25, -0.2) is 0 Å². The van der Waals surface area contributed by atoms with E-state index in [4.69, 9.17) is 5.73 Å². The Bertz CT molecular complexity index is 960. The summed E-state index contributed by atoms with van der Waals surface area (Å²) in [5.74, 6) is -0.821. The Hall–Kier alpha value is -3.03. The first kappa shape index (κ1) is 20.3. The summed E-state index contributed by atoms with van der Waals surface area (Å²) in [6, 6.07) is 15.2. The quantitative estimate of drug-likeness (QED) is 0.598. The average Bonchev–Trinajstić information content (AvgIpc) is 3.06. The van der Waals surface area contributed by atoms with Crippen LogP contribution in [0.3, 0.4) is 0 Å². The third-order valence-corrected chi connectivity index (χ3v) is 5.74. The molecule has 2 aromatic rings. The monoisotopic (exact) mass is 406 g/mol. The van der Waals surface area contributed by atoms with Crippen molar-refractivity contribution in [1.82, 2.24) is 15.5 Å². The van der Waals surface area contributed by atoms with Crippen molar-refractivity contribution in [3.05, 3.63) is 70.8 Å². The molecule has 4 rings (SSSR count). The lowest BCUT2D eigenvalue weighted by Crippen LogP contribution is -2.52. The van der Waals surface area contributed by atoms with Gasteiger partial charge in [0.05, 0.1) is 0 Å². The molecule has 1 fully saturated rings. The fourth-order valence-corrected chi connectivity index (χ4v) is 4.20. The Morgan fingerprint density at radius 1 is 1.10 bits per heavy atom. The highest BCUT2D eigenvalue weighted by Gasteiger charge is 2.39. The zero-order chi connectivity index (χ0) is 21.1. The number of amides is 3. The number of hydrogen-bond donors (Lipinski definition) is 3. The molecule has 0 saturated carbocycles. The van der Waals surface area contributed by atoms with Crippen LogP contribution in [0.2, 0.25) is 0 Å². The fraction of sp³-hybridized carbons (Fsp3) is 0.348. The summed E-state index contributed by atoms with van der Waals surface area (Å²) in [7, 11) is 0. The molecule has 30 heavy (non-hydrogen) atoms. The number of benzene rings is 2. The van der Waals surface area contributed by atoms with E-state index in [1.165, 1.54) is 5.56 Å². The van der Waals surface area contributed by atoms with Crippen LogP contribution in [-0.2, 0) is 29.1 Å². The van der Waals surface area contributed by atoms with E-state index in [9.17, 15) is 14.4 Å². The summed E-state index contributed by atoms with van der Waals surface area (Å²) in [6.07, 6.45) is 1.42. The molecule has 2 aliphatic heterocycles. The minimum atomic E-state index is -0.595. The lowest BCUT2D eigenvalue weighted by Gasteiger charge is -2.29. The number of nitrogens with zero attached hydrogens (tertiary/aromatic N) is 1. The molecule has 1 saturated heterocycles. The molecule has 3 amide bonds. The average molecular weight is 406 g/mol. The number of carbonyl (C=O) groups is 3. The maximum atomic E-state index is 12.9. The van der Waals surface area contributed by atoms with Crippen LogP contribution in [0.15, 0.2) is 48.5 Å². The highest BCUT2D eigenvalue weighted by molar-refractivity contribution is 6.05. The molecule has 1 unspecified atom stereocenters. The van der Waals surface area contributed by atoms with Gasteiger partial charge in [-0.3, -0.25) is 19.7 Å². The van der Waals surface area contributed by atoms with Crippen molar-refractivity contribution in [2.24, 2.45) is 5.73 Å². The van der Waals surface area contributed by atoms with E-state index >= 15 is 0 Å². The second-order valence-corrected chi connectivity index (χ2v) is 7.92. The van der Waals surface area contributed by atoms with E-state index < -0.39 is 6.04 Å². The minimum Gasteiger partial charge on any atom is -0.326 e. The smallest absolute Gasteiger partial charge is 0.255 e. The van der Waals surface area contributed by atoms with Crippen LogP contribution >= 0.6 is 0 Å². The Labute approximate surface area is 175 Å². The molecule has 7 nitrogen and oxygen atoms in total. The molecule has 0 aromatic heterocycles. The predicted octanol–water partition coefficient (Wildman–Crippen LogP) is 1.11. The van der Waals surface area contributed by atoms with Gasteiger partial charge >= 0.3 is 0 Å². The molecule has 7 heteroatoms. The SMILES string of the molecule is N[C@H](CNCc1cccc2c1CN(C1CCC(=O)NC1=O)C2=O)Cc1ccccc1. The molecular formula is C23H26N4O3. The number of imide groups is 1. The predicted molar refractivity (Wildman–Crippen MR) is 112 cm³/mol. The van der Waals surface area contributed by atoms with Gasteiger partial charge in [0.15, 0.2) is 0 Å². The van der Waals surface area contributed by atoms with Gasteiger partial charge in [0, 0.05) is 37.7 Å². The van der Waals surface area contributed by atoms with E-state index in [2.05, 4.69) is 22.8 Å². The van der Waals surface area contributed by atoms with Gasteiger partial charge in [-0.2, -0.15) is 0 Å². The van der Waals surface area contributed by atoms with Gasteiger partial charge in [0.1, 0.15) is 6.04 Å². The van der Waals surface area contributed by atoms with E-state index in [-0.39, 0.29) is 30.2 Å². The van der Waals surface area contributed by atoms with Gasteiger partial charge in [0.25, 0.3) is 5.91 Å². The fourth-order valence-electron chi connectivity index (χ4n) is 4.20. The van der Waals surface area contributed by atoms with Gasteiger partial charge in [-0.05, 0) is 35.6 Å². The van der Waals surface area contributed by atoms with Gasteiger partial charge in [-0.15, -0.1) is 0 Å². The zero-order valence-electron chi connectivity index (χ0n) is 16.8. The summed E-state index contributed by atoms with van der Waals surface area (Å²) in [4.78, 5) is 38.1. The number of nitrogens with two attached hydrogens (primary N) is 1. The van der Waals surface area contributed by atoms with Crippen LogP contribution in [-0.4, -0.2) is 41.2 Å². The largest absolute Gasteiger partial charge is 0.326 e. The van der Waals surface area contributed by atoms with Crippen LogP contribution in [0, 0.1) is 0 Å². The molecule has 2 atom stereocenters. The second kappa shape index (κ2) is 8.77. The Morgan fingerprint density at radius 2 is 1.90 bits per heavy atom. The maximum absolute atomic E-state index is 12.9. The first-order valence-electron chi connectivity index (χ1n) is 10.3. The highest BCUT2D eigenvalue weighted by atomic mass is 16.2. The molecule has 156 valence electrons. The first-order chi connectivity index (χ1) is 14.5. The van der Waals surface area contributed by atoms with Crippen LogP contribution in [0.1, 0.15) is 39.9 Å². The molecule has 0 bridgehead atoms. The first-order valence-corrected chi connectivity index (χ1v) is 10.3. The molecule has 4 N–H and O–H groups in total. The van der Waals surface area contributed by atoms with Gasteiger partial charge < -0.3 is 16.0 Å². The Morgan fingerprint density at radius 3 is 2.67 bits per heavy atom. The van der Waals surface area contributed by atoms with Crippen molar-refractivity contribution in [2.45, 2.75) is 44.4 Å². The molecule has 2 heterocycles. The third-order valence-electron chi connectivity index (χ3n) is 5.74. The Kier molecular flexibility index (Phi) is 5.92. The van der Waals surface area contributed by atoms with Crippen molar-refractivity contribution < 1.29 is 14.4 Å². The lowest BCUT2D eigenvalue weighted by molar-refractivity contribution is -0.136. The number of rotatable bonds is 7. The van der Waals surface area contributed by atoms with Gasteiger partial charge in [-0.1, -0.05) is 42.5 Å². The minimum absolute atomic E-state index is 0.00855. The van der Waals surface area contributed by atoms with Crippen LogP contribution in [0.5, 0.6) is 0 Å². The maximum Gasteiger partial charge on any atom is 0.255 e. The molecule has 2 aliphatic rings. The lowest BCUT2D eigenvalue weighted by atomic mass is 10.0. The van der Waals surface area contributed by atoms with Crippen molar-refractivity contribution >= 4 is 17.7 Å². The topological polar surface area (TPSA) is 105 Å². The second-order valence-electron chi connectivity index (χ2n) is 7.92. The summed E-state index contributed by atoms with van der Waals surface area (Å²) >= 11 is 0. The Balaban J connectivity index is 1.38. The van der Waals surface area contributed by atoms with Gasteiger partial charge in [0.2, 0.25) is 11.8 Å². The third kappa shape index (κ3) is 4.27. The van der Waals surface area contributed by atoms with Crippen LogP contribution in [0.25, 0.3) is 0 Å². The normalized spacial score (nSPS) is 19.6. The van der Waals surface area contributed by atoms with E-state index in [0.717, 1.165) is 17.5 Å². The number of nitrogens with one attached hydrogen (secondary N) is 2. The van der Waals surface area contributed by atoms with Crippen molar-refractivity contribution in [2.75, 3.05) is 6.54 Å². The summed E-state index contributed by atoms with van der Waals surface area (Å²) in [6.45, 7) is 1.64. The van der Waals surface area contributed by atoms with E-state index in [0.29, 0.717) is 31.6 Å². The zero-order valence-corrected chi connectivity index (χ0v) is 16.8. The number of piperidine rings is 1. The number of fused-ring (bicyclic) bond motifs is 1. The van der Waals surface area contributed by atoms with Crippen molar-refractivity contribution in [1.29, 1.82) is 0 Å². The molecular weight excluding hydrogens is 380 g/mol. The molecule has 0 spiro atoms. The molecule has 2 aromatic carbocycles. The standard InChI is InChI=1S/C23H26N4O3/c24-17(11-15-5-2-1-3-6-15)13-25-12-16-7-4-8-18-19(16)14-27(23(18)30)20-9-10-21(28)26-22(20)29/h1-8,17,20,25H,9-14,24H2,(H,26,28,29)/t17-,20?/m0/s1. The van der Waals surface area contributed by atoms with Crippen molar-refractivity contribution in [3.8, 4) is 0 Å².